The Bertz CT molecular complexity index is 897. The van der Waals surface area contributed by atoms with Crippen LogP contribution >= 0.6 is 0 Å². The number of ether oxygens (including phenoxy) is 2. The Balaban J connectivity index is 2.22. The van der Waals surface area contributed by atoms with Crippen molar-refractivity contribution in [3.63, 3.8) is 0 Å². The zero-order chi connectivity index (χ0) is 23.7. The van der Waals surface area contributed by atoms with Crippen LogP contribution in [0.3, 0.4) is 0 Å². The van der Waals surface area contributed by atoms with E-state index >= 15 is 0 Å². The number of para-hydroxylation sites is 1. The number of methoxy groups -OCH3 is 1. The van der Waals surface area contributed by atoms with Gasteiger partial charge in [0.1, 0.15) is 17.5 Å². The van der Waals surface area contributed by atoms with E-state index in [0.29, 0.717) is 11.5 Å². The fourth-order valence-electron chi connectivity index (χ4n) is 3.33. The van der Waals surface area contributed by atoms with E-state index in [0.717, 1.165) is 17.5 Å². The molecule has 0 aliphatic heterocycles. The van der Waals surface area contributed by atoms with Crippen LogP contribution in [0.2, 0.25) is 0 Å². The molecule has 2 amide bonds. The van der Waals surface area contributed by atoms with Gasteiger partial charge in [0.15, 0.2) is 6.61 Å². The molecule has 6 nitrogen and oxygen atoms in total. The average molecular weight is 441 g/mol. The van der Waals surface area contributed by atoms with E-state index < -0.39 is 6.04 Å². The molecule has 2 atom stereocenters. The summed E-state index contributed by atoms with van der Waals surface area (Å²) in [5.41, 5.74) is 1.92. The summed E-state index contributed by atoms with van der Waals surface area (Å²) >= 11 is 0. The third kappa shape index (κ3) is 7.01. The van der Waals surface area contributed by atoms with E-state index in [1.165, 1.54) is 0 Å². The molecule has 2 aromatic rings. The van der Waals surface area contributed by atoms with E-state index in [-0.39, 0.29) is 36.9 Å². The molecule has 1 N–H and O–H groups in total. The second kappa shape index (κ2) is 12.1. The van der Waals surface area contributed by atoms with Gasteiger partial charge in [-0.3, -0.25) is 9.59 Å². The lowest BCUT2D eigenvalue weighted by molar-refractivity contribution is -0.142. The zero-order valence-corrected chi connectivity index (χ0v) is 20.1. The molecule has 6 heteroatoms. The number of carbonyl (C=O) groups excluding carboxylic acids is 2. The summed E-state index contributed by atoms with van der Waals surface area (Å²) in [7, 11) is 1.60. The second-order valence-electron chi connectivity index (χ2n) is 8.35. The molecule has 2 aromatic carbocycles. The molecule has 0 unspecified atom stereocenters. The van der Waals surface area contributed by atoms with Crippen molar-refractivity contribution in [3.05, 3.63) is 59.7 Å². The van der Waals surface area contributed by atoms with Gasteiger partial charge in [-0.2, -0.15) is 0 Å². The van der Waals surface area contributed by atoms with Crippen molar-refractivity contribution in [2.75, 3.05) is 13.7 Å². The maximum atomic E-state index is 13.2. The van der Waals surface area contributed by atoms with Crippen LogP contribution < -0.4 is 14.8 Å². The first-order valence-corrected chi connectivity index (χ1v) is 11.2. The fourth-order valence-corrected chi connectivity index (χ4v) is 3.33. The van der Waals surface area contributed by atoms with Crippen LogP contribution in [-0.4, -0.2) is 42.5 Å². The van der Waals surface area contributed by atoms with E-state index in [2.05, 4.69) is 19.2 Å². The number of nitrogens with one attached hydrogen (secondary N) is 1. The molecule has 174 valence electrons. The van der Waals surface area contributed by atoms with E-state index in [1.807, 2.05) is 62.4 Å². The van der Waals surface area contributed by atoms with Crippen molar-refractivity contribution in [1.29, 1.82) is 0 Å². The molecule has 0 aliphatic carbocycles. The van der Waals surface area contributed by atoms with Crippen molar-refractivity contribution in [1.82, 2.24) is 10.2 Å². The Morgan fingerprint density at radius 2 is 1.75 bits per heavy atom. The third-order valence-electron chi connectivity index (χ3n) is 5.55. The summed E-state index contributed by atoms with van der Waals surface area (Å²) < 4.78 is 11.2. The largest absolute Gasteiger partial charge is 0.497 e. The molecule has 0 radical (unpaired) electrons. The first-order valence-electron chi connectivity index (χ1n) is 11.2. The van der Waals surface area contributed by atoms with E-state index in [1.54, 1.807) is 18.9 Å². The van der Waals surface area contributed by atoms with Crippen LogP contribution in [-0.2, 0) is 16.1 Å². The summed E-state index contributed by atoms with van der Waals surface area (Å²) in [6.07, 6.45) is 0.817. The highest BCUT2D eigenvalue weighted by atomic mass is 16.5. The number of carbonyl (C=O) groups is 2. The number of rotatable bonds is 11. The Labute approximate surface area is 191 Å². The Morgan fingerprint density at radius 3 is 2.41 bits per heavy atom. The summed E-state index contributed by atoms with van der Waals surface area (Å²) in [6.45, 7) is 10.0. The highest BCUT2D eigenvalue weighted by Gasteiger charge is 2.27. The van der Waals surface area contributed by atoms with Crippen molar-refractivity contribution in [3.8, 4) is 11.5 Å². The maximum absolute atomic E-state index is 13.2. The van der Waals surface area contributed by atoms with Crippen LogP contribution in [0.15, 0.2) is 48.5 Å². The number of benzene rings is 2. The van der Waals surface area contributed by atoms with Crippen LogP contribution in [0.5, 0.6) is 11.5 Å². The Morgan fingerprint density at radius 1 is 1.03 bits per heavy atom. The minimum atomic E-state index is -0.647. The zero-order valence-electron chi connectivity index (χ0n) is 20.1. The number of hydrogen-bond donors (Lipinski definition) is 1. The minimum absolute atomic E-state index is 0.0351. The normalized spacial score (nSPS) is 12.7. The Kier molecular flexibility index (Phi) is 9.57. The predicted molar refractivity (Wildman–Crippen MR) is 127 cm³/mol. The third-order valence-corrected chi connectivity index (χ3v) is 5.55. The highest BCUT2D eigenvalue weighted by Crippen LogP contribution is 2.26. The molecule has 0 bridgehead atoms. The molecule has 2 rings (SSSR count). The molecule has 0 heterocycles. The molecule has 0 aromatic heterocycles. The van der Waals surface area contributed by atoms with Crippen molar-refractivity contribution >= 4 is 11.8 Å². The molecular formula is C26H36N2O4. The van der Waals surface area contributed by atoms with Crippen LogP contribution in [0, 0.1) is 0 Å². The Hall–Kier alpha value is -3.02. The van der Waals surface area contributed by atoms with Gasteiger partial charge >= 0.3 is 0 Å². The lowest BCUT2D eigenvalue weighted by Gasteiger charge is -2.30. The van der Waals surface area contributed by atoms with Gasteiger partial charge in [-0.05, 0) is 55.5 Å². The topological polar surface area (TPSA) is 67.9 Å². The molecule has 0 aliphatic rings. The lowest BCUT2D eigenvalue weighted by Crippen LogP contribution is -2.50. The fraction of sp³-hybridized carbons (Fsp3) is 0.462. The van der Waals surface area contributed by atoms with Gasteiger partial charge in [-0.15, -0.1) is 0 Å². The average Bonchev–Trinajstić information content (AvgIpc) is 2.80. The van der Waals surface area contributed by atoms with Crippen molar-refractivity contribution < 1.29 is 19.1 Å². The molecule has 0 spiro atoms. The molecule has 0 saturated carbocycles. The maximum Gasteiger partial charge on any atom is 0.261 e. The van der Waals surface area contributed by atoms with Gasteiger partial charge in [-0.1, -0.05) is 51.1 Å². The summed E-state index contributed by atoms with van der Waals surface area (Å²) in [4.78, 5) is 27.6. The van der Waals surface area contributed by atoms with Gasteiger partial charge in [0.2, 0.25) is 5.91 Å². The lowest BCUT2D eigenvalue weighted by atomic mass is 10.0. The highest BCUT2D eigenvalue weighted by molar-refractivity contribution is 5.88. The van der Waals surface area contributed by atoms with Crippen molar-refractivity contribution in [2.45, 2.75) is 65.6 Å². The SMILES string of the molecule is CC[C@@H](C)NC(=O)[C@@H](C)N(Cc1cccc(OC)c1)C(=O)COc1ccccc1C(C)C. The standard InChI is InChI=1S/C26H36N2O4/c1-7-19(4)27-26(30)20(5)28(16-21-11-10-12-22(15-21)31-6)25(29)17-32-24-14-9-8-13-23(24)18(2)3/h8-15,18-20H,7,16-17H2,1-6H3,(H,27,30)/t19-,20-/m1/s1. The van der Waals surface area contributed by atoms with Crippen molar-refractivity contribution in [2.24, 2.45) is 0 Å². The summed E-state index contributed by atoms with van der Waals surface area (Å²) in [5.74, 6) is 1.23. The molecule has 0 saturated heterocycles. The number of nitrogens with zero attached hydrogens (tertiary/aromatic N) is 1. The second-order valence-corrected chi connectivity index (χ2v) is 8.35. The quantitative estimate of drug-likeness (QED) is 0.557. The van der Waals surface area contributed by atoms with Crippen LogP contribution in [0.1, 0.15) is 58.1 Å². The van der Waals surface area contributed by atoms with E-state index in [9.17, 15) is 9.59 Å². The van der Waals surface area contributed by atoms with E-state index in [4.69, 9.17) is 9.47 Å². The molecule has 0 fully saturated rings. The van der Waals surface area contributed by atoms with Crippen LogP contribution in [0.4, 0.5) is 0 Å². The van der Waals surface area contributed by atoms with Gasteiger partial charge in [0.25, 0.3) is 5.91 Å². The monoisotopic (exact) mass is 440 g/mol. The van der Waals surface area contributed by atoms with Crippen LogP contribution in [0.25, 0.3) is 0 Å². The summed E-state index contributed by atoms with van der Waals surface area (Å²) in [6, 6.07) is 14.6. The first-order chi connectivity index (χ1) is 15.3. The van der Waals surface area contributed by atoms with Gasteiger partial charge in [0, 0.05) is 12.6 Å². The summed E-state index contributed by atoms with van der Waals surface area (Å²) in [5, 5.41) is 2.97. The van der Waals surface area contributed by atoms with Gasteiger partial charge in [0.05, 0.1) is 7.11 Å². The number of hydrogen-bond acceptors (Lipinski definition) is 4. The minimum Gasteiger partial charge on any atom is -0.497 e. The first kappa shape index (κ1) is 25.2. The van der Waals surface area contributed by atoms with Gasteiger partial charge in [-0.25, -0.2) is 0 Å². The molecule has 32 heavy (non-hydrogen) atoms. The predicted octanol–water partition coefficient (Wildman–Crippen LogP) is 4.53. The molecular weight excluding hydrogens is 404 g/mol. The smallest absolute Gasteiger partial charge is 0.261 e. The number of amides is 2. The van der Waals surface area contributed by atoms with Gasteiger partial charge < -0.3 is 19.7 Å².